The molecule has 0 saturated heterocycles. The van der Waals surface area contributed by atoms with Gasteiger partial charge in [-0.1, -0.05) is 0 Å². The van der Waals surface area contributed by atoms with Gasteiger partial charge in [0, 0.05) is 13.0 Å². The van der Waals surface area contributed by atoms with E-state index in [9.17, 15) is 0 Å². The molecular weight excluding hydrogens is 176 g/mol. The SMILES string of the molecule is CNc1ccc2[nH]c(C3CC3)nc2n1. The number of rotatable bonds is 2. The third kappa shape index (κ3) is 1.14. The highest BCUT2D eigenvalue weighted by molar-refractivity contribution is 5.73. The van der Waals surface area contributed by atoms with Gasteiger partial charge in [-0.05, 0) is 25.0 Å². The highest BCUT2D eigenvalue weighted by Crippen LogP contribution is 2.38. The van der Waals surface area contributed by atoms with Crippen molar-refractivity contribution >= 4 is 17.0 Å². The second kappa shape index (κ2) is 2.70. The molecule has 0 radical (unpaired) electrons. The number of imidazole rings is 1. The molecule has 0 amide bonds. The average Bonchev–Trinajstić information content (AvgIpc) is 2.97. The van der Waals surface area contributed by atoms with Crippen molar-refractivity contribution in [2.24, 2.45) is 0 Å². The van der Waals surface area contributed by atoms with Crippen molar-refractivity contribution in [2.75, 3.05) is 12.4 Å². The summed E-state index contributed by atoms with van der Waals surface area (Å²) < 4.78 is 0. The molecular formula is C10H12N4. The zero-order valence-electron chi connectivity index (χ0n) is 8.04. The predicted octanol–water partition coefficient (Wildman–Crippen LogP) is 1.88. The fourth-order valence-electron chi connectivity index (χ4n) is 1.60. The third-order valence-corrected chi connectivity index (χ3v) is 2.58. The van der Waals surface area contributed by atoms with E-state index in [2.05, 4.69) is 20.3 Å². The van der Waals surface area contributed by atoms with Gasteiger partial charge in [0.15, 0.2) is 5.65 Å². The standard InChI is InChI=1S/C10H12N4/c1-11-8-5-4-7-10(13-8)14-9(12-7)6-2-3-6/h4-6H,2-3H2,1H3,(H2,11,12,13,14). The highest BCUT2D eigenvalue weighted by Gasteiger charge is 2.26. The van der Waals surface area contributed by atoms with Crippen LogP contribution in [-0.4, -0.2) is 22.0 Å². The van der Waals surface area contributed by atoms with Crippen LogP contribution in [0.3, 0.4) is 0 Å². The van der Waals surface area contributed by atoms with Crippen molar-refractivity contribution < 1.29 is 0 Å². The van der Waals surface area contributed by atoms with Crippen molar-refractivity contribution in [3.8, 4) is 0 Å². The average molecular weight is 188 g/mol. The molecule has 1 aliphatic rings. The Morgan fingerprint density at radius 2 is 2.21 bits per heavy atom. The van der Waals surface area contributed by atoms with E-state index in [1.54, 1.807) is 0 Å². The van der Waals surface area contributed by atoms with E-state index in [0.29, 0.717) is 5.92 Å². The Morgan fingerprint density at radius 3 is 2.93 bits per heavy atom. The molecule has 1 fully saturated rings. The molecule has 1 aliphatic carbocycles. The first-order valence-corrected chi connectivity index (χ1v) is 4.91. The summed E-state index contributed by atoms with van der Waals surface area (Å²) in [6.45, 7) is 0. The highest BCUT2D eigenvalue weighted by atomic mass is 15.0. The Hall–Kier alpha value is -1.58. The van der Waals surface area contributed by atoms with Crippen LogP contribution in [0.15, 0.2) is 12.1 Å². The third-order valence-electron chi connectivity index (χ3n) is 2.58. The summed E-state index contributed by atoms with van der Waals surface area (Å²) in [6, 6.07) is 3.98. The lowest BCUT2D eigenvalue weighted by Crippen LogP contribution is -1.91. The van der Waals surface area contributed by atoms with Gasteiger partial charge in [-0.3, -0.25) is 0 Å². The maximum Gasteiger partial charge on any atom is 0.179 e. The summed E-state index contributed by atoms with van der Waals surface area (Å²) in [5.74, 6) is 2.62. The number of nitrogens with zero attached hydrogens (tertiary/aromatic N) is 2. The lowest BCUT2D eigenvalue weighted by molar-refractivity contribution is 0.984. The Balaban J connectivity index is 2.12. The Labute approximate surface area is 81.8 Å². The molecule has 14 heavy (non-hydrogen) atoms. The Morgan fingerprint density at radius 1 is 1.36 bits per heavy atom. The zero-order chi connectivity index (χ0) is 9.54. The van der Waals surface area contributed by atoms with Crippen LogP contribution < -0.4 is 5.32 Å². The van der Waals surface area contributed by atoms with Crippen LogP contribution in [0.25, 0.3) is 11.2 Å². The lowest BCUT2D eigenvalue weighted by atomic mass is 10.4. The molecule has 0 unspecified atom stereocenters. The van der Waals surface area contributed by atoms with Crippen LogP contribution >= 0.6 is 0 Å². The number of anilines is 1. The minimum absolute atomic E-state index is 0.655. The van der Waals surface area contributed by atoms with Crippen LogP contribution in [0.2, 0.25) is 0 Å². The first-order chi connectivity index (χ1) is 6.86. The van der Waals surface area contributed by atoms with Crippen LogP contribution in [0, 0.1) is 0 Å². The summed E-state index contributed by atoms with van der Waals surface area (Å²) in [7, 11) is 1.86. The predicted molar refractivity (Wildman–Crippen MR) is 55.4 cm³/mol. The number of pyridine rings is 1. The second-order valence-corrected chi connectivity index (χ2v) is 3.71. The number of aromatic amines is 1. The molecule has 72 valence electrons. The summed E-state index contributed by atoms with van der Waals surface area (Å²) >= 11 is 0. The molecule has 2 N–H and O–H groups in total. The smallest absolute Gasteiger partial charge is 0.179 e. The summed E-state index contributed by atoms with van der Waals surface area (Å²) in [5, 5.41) is 3.01. The maximum absolute atomic E-state index is 4.48. The molecule has 0 atom stereocenters. The van der Waals surface area contributed by atoms with Gasteiger partial charge >= 0.3 is 0 Å². The number of nitrogens with one attached hydrogen (secondary N) is 2. The van der Waals surface area contributed by atoms with Gasteiger partial charge in [0.1, 0.15) is 11.6 Å². The lowest BCUT2D eigenvalue weighted by Gasteiger charge is -1.95. The molecule has 2 heterocycles. The monoisotopic (exact) mass is 188 g/mol. The fraction of sp³-hybridized carbons (Fsp3) is 0.400. The van der Waals surface area contributed by atoms with Gasteiger partial charge in [0.2, 0.25) is 0 Å². The van der Waals surface area contributed by atoms with Crippen LogP contribution in [0.5, 0.6) is 0 Å². The minimum atomic E-state index is 0.655. The second-order valence-electron chi connectivity index (χ2n) is 3.71. The Kier molecular flexibility index (Phi) is 1.50. The minimum Gasteiger partial charge on any atom is -0.373 e. The van der Waals surface area contributed by atoms with Crippen molar-refractivity contribution in [1.82, 2.24) is 15.0 Å². The van der Waals surface area contributed by atoms with E-state index >= 15 is 0 Å². The van der Waals surface area contributed by atoms with E-state index in [1.807, 2.05) is 19.2 Å². The van der Waals surface area contributed by atoms with E-state index < -0.39 is 0 Å². The molecule has 2 aromatic heterocycles. The van der Waals surface area contributed by atoms with Crippen molar-refractivity contribution in [2.45, 2.75) is 18.8 Å². The van der Waals surface area contributed by atoms with Crippen molar-refractivity contribution in [1.29, 1.82) is 0 Å². The molecule has 4 heteroatoms. The number of hydrogen-bond acceptors (Lipinski definition) is 3. The first kappa shape index (κ1) is 7.79. The maximum atomic E-state index is 4.48. The van der Waals surface area contributed by atoms with E-state index in [0.717, 1.165) is 22.8 Å². The van der Waals surface area contributed by atoms with Gasteiger partial charge in [0.05, 0.1) is 5.52 Å². The molecule has 1 saturated carbocycles. The molecule has 0 aliphatic heterocycles. The van der Waals surface area contributed by atoms with Gasteiger partial charge in [0.25, 0.3) is 0 Å². The number of H-pyrrole nitrogens is 1. The largest absolute Gasteiger partial charge is 0.373 e. The zero-order valence-corrected chi connectivity index (χ0v) is 8.04. The molecule has 0 bridgehead atoms. The summed E-state index contributed by atoms with van der Waals surface area (Å²) in [6.07, 6.45) is 2.53. The topological polar surface area (TPSA) is 53.6 Å². The molecule has 2 aromatic rings. The van der Waals surface area contributed by atoms with Crippen LogP contribution in [0.1, 0.15) is 24.6 Å². The summed E-state index contributed by atoms with van der Waals surface area (Å²) in [5.41, 5.74) is 1.85. The van der Waals surface area contributed by atoms with Gasteiger partial charge in [-0.15, -0.1) is 0 Å². The summed E-state index contributed by atoms with van der Waals surface area (Å²) in [4.78, 5) is 12.2. The molecule has 0 spiro atoms. The van der Waals surface area contributed by atoms with Crippen molar-refractivity contribution in [3.05, 3.63) is 18.0 Å². The number of fused-ring (bicyclic) bond motifs is 1. The number of hydrogen-bond donors (Lipinski definition) is 2. The van der Waals surface area contributed by atoms with Gasteiger partial charge in [-0.2, -0.15) is 0 Å². The fourth-order valence-corrected chi connectivity index (χ4v) is 1.60. The normalized spacial score (nSPS) is 16.1. The molecule has 3 rings (SSSR count). The van der Waals surface area contributed by atoms with Gasteiger partial charge in [-0.25, -0.2) is 9.97 Å². The molecule has 0 aromatic carbocycles. The van der Waals surface area contributed by atoms with Crippen LogP contribution in [0.4, 0.5) is 5.82 Å². The van der Waals surface area contributed by atoms with Crippen LogP contribution in [-0.2, 0) is 0 Å². The quantitative estimate of drug-likeness (QED) is 0.756. The Bertz CT molecular complexity index is 470. The van der Waals surface area contributed by atoms with Gasteiger partial charge < -0.3 is 10.3 Å². The number of aromatic nitrogens is 3. The van der Waals surface area contributed by atoms with E-state index in [4.69, 9.17) is 0 Å². The van der Waals surface area contributed by atoms with E-state index in [1.165, 1.54) is 12.8 Å². The first-order valence-electron chi connectivity index (χ1n) is 4.91. The van der Waals surface area contributed by atoms with E-state index in [-0.39, 0.29) is 0 Å². The molecule has 4 nitrogen and oxygen atoms in total. The van der Waals surface area contributed by atoms with Crippen molar-refractivity contribution in [3.63, 3.8) is 0 Å².